The molecule has 0 amide bonds. The number of benzene rings is 1. The van der Waals surface area contributed by atoms with Gasteiger partial charge in [0.2, 0.25) is 6.33 Å². The third-order valence-corrected chi connectivity index (χ3v) is 10.7. The van der Waals surface area contributed by atoms with Crippen LogP contribution in [0.15, 0.2) is 18.5 Å². The lowest BCUT2D eigenvalue weighted by molar-refractivity contribution is -0.668. The van der Waals surface area contributed by atoms with Gasteiger partial charge in [0, 0.05) is 11.1 Å². The maximum Gasteiger partial charge on any atom is 0.244 e. The lowest BCUT2D eigenvalue weighted by Crippen LogP contribution is -2.34. The molecular weight excluding hydrogens is 400 g/mol. The van der Waals surface area contributed by atoms with Gasteiger partial charge in [-0.3, -0.25) is 0 Å². The number of hydrogen-bond acceptors (Lipinski definition) is 0. The molecule has 4 aliphatic rings. The average Bonchev–Trinajstić information content (AvgIpc) is 3.27. The predicted molar refractivity (Wildman–Crippen MR) is 138 cm³/mol. The Bertz CT molecular complexity index is 891. The Morgan fingerprint density at radius 1 is 0.697 bits per heavy atom. The van der Waals surface area contributed by atoms with E-state index in [0.29, 0.717) is 0 Å². The van der Waals surface area contributed by atoms with Crippen LogP contribution in [0.3, 0.4) is 0 Å². The first-order valence-corrected chi connectivity index (χ1v) is 14.8. The Morgan fingerprint density at radius 3 is 1.85 bits per heavy atom. The minimum Gasteiger partial charge on any atom is -0.230 e. The zero-order chi connectivity index (χ0) is 22.4. The van der Waals surface area contributed by atoms with Crippen molar-refractivity contribution in [1.29, 1.82) is 0 Å². The van der Waals surface area contributed by atoms with Gasteiger partial charge in [0.25, 0.3) is 0 Å². The maximum atomic E-state index is 2.65. The van der Waals surface area contributed by atoms with Crippen molar-refractivity contribution in [2.24, 2.45) is 23.7 Å². The Hall–Kier alpha value is -1.31. The van der Waals surface area contributed by atoms with E-state index in [1.165, 1.54) is 89.9 Å². The van der Waals surface area contributed by atoms with Crippen LogP contribution in [0, 0.1) is 23.7 Å². The normalized spacial score (nSPS) is 34.7. The van der Waals surface area contributed by atoms with Crippen molar-refractivity contribution in [3.63, 3.8) is 0 Å². The summed E-state index contributed by atoms with van der Waals surface area (Å²) in [5.74, 6) is 5.46. The number of hydrogen-bond donors (Lipinski definition) is 0. The maximum absolute atomic E-state index is 2.65. The summed E-state index contributed by atoms with van der Waals surface area (Å²) in [4.78, 5) is 0. The predicted octanol–water partition coefficient (Wildman–Crippen LogP) is 8.12. The molecule has 1 heterocycles. The van der Waals surface area contributed by atoms with Crippen LogP contribution in [-0.2, 0) is 13.1 Å². The van der Waals surface area contributed by atoms with Crippen molar-refractivity contribution >= 4 is 11.0 Å². The van der Waals surface area contributed by atoms with Crippen LogP contribution >= 0.6 is 0 Å². The molecule has 0 bridgehead atoms. The molecule has 4 aliphatic carbocycles. The van der Waals surface area contributed by atoms with Gasteiger partial charge >= 0.3 is 0 Å². The van der Waals surface area contributed by atoms with Crippen molar-refractivity contribution in [3.8, 4) is 0 Å². The van der Waals surface area contributed by atoms with Gasteiger partial charge in [-0.25, -0.2) is 9.13 Å². The zero-order valence-corrected chi connectivity index (χ0v) is 21.4. The molecule has 1 aromatic heterocycles. The number of fused-ring (bicyclic) bond motifs is 3. The lowest BCUT2D eigenvalue weighted by Gasteiger charge is -2.42. The fourth-order valence-electron chi connectivity index (χ4n) is 9.23. The van der Waals surface area contributed by atoms with Crippen LogP contribution in [0.4, 0.5) is 0 Å². The van der Waals surface area contributed by atoms with E-state index in [9.17, 15) is 0 Å². The molecular formula is C31H47N2+. The summed E-state index contributed by atoms with van der Waals surface area (Å²) in [6, 6.07) is 5.30. The fraction of sp³-hybridized carbons (Fsp3) is 0.774. The second-order valence-corrected chi connectivity index (χ2v) is 12.1. The molecule has 6 atom stereocenters. The van der Waals surface area contributed by atoms with Crippen LogP contribution < -0.4 is 4.57 Å². The minimum absolute atomic E-state index is 0.792. The van der Waals surface area contributed by atoms with E-state index in [1.807, 2.05) is 0 Å². The van der Waals surface area contributed by atoms with Crippen molar-refractivity contribution in [2.45, 2.75) is 129 Å². The van der Waals surface area contributed by atoms with Crippen LogP contribution in [0.25, 0.3) is 11.0 Å². The standard InChI is InChI=1S/C31H47N2/c1-3-32-21-33(4-2)31-29(27-18-10-14-23-12-6-8-16-25(23)27)20-19-28(30(31)32)26-17-9-13-22-11-5-7-15-24(22)26/h19-27H,3-18H2,1-2H3/q+1/t22?,23?,24?,25?,26-,27+. The highest BCUT2D eigenvalue weighted by molar-refractivity contribution is 5.81. The summed E-state index contributed by atoms with van der Waals surface area (Å²) in [5.41, 5.74) is 6.70. The molecule has 0 radical (unpaired) electrons. The fourth-order valence-corrected chi connectivity index (χ4v) is 9.23. The minimum atomic E-state index is 0.792. The molecule has 0 spiro atoms. The first kappa shape index (κ1) is 22.2. The number of aryl methyl sites for hydroxylation is 2. The monoisotopic (exact) mass is 447 g/mol. The summed E-state index contributed by atoms with van der Waals surface area (Å²) >= 11 is 0. The third kappa shape index (κ3) is 3.79. The van der Waals surface area contributed by atoms with E-state index in [-0.39, 0.29) is 0 Å². The Labute approximate surface area is 202 Å². The number of aromatic nitrogens is 2. The molecule has 2 aromatic rings. The van der Waals surface area contributed by atoms with Gasteiger partial charge in [0.05, 0.1) is 13.1 Å². The van der Waals surface area contributed by atoms with Crippen molar-refractivity contribution in [1.82, 2.24) is 4.57 Å². The molecule has 6 rings (SSSR count). The molecule has 4 unspecified atom stereocenters. The Balaban J connectivity index is 1.48. The topological polar surface area (TPSA) is 8.81 Å². The molecule has 33 heavy (non-hydrogen) atoms. The summed E-state index contributed by atoms with van der Waals surface area (Å²) in [7, 11) is 0. The SMILES string of the molecule is CCn1c[n+](CC)c2c([C@@H]3CCCC4CCCCC43)ccc([C@H]3CCCC4CCCCC43)c21. The summed E-state index contributed by atoms with van der Waals surface area (Å²) < 4.78 is 5.26. The van der Waals surface area contributed by atoms with Gasteiger partial charge in [0.1, 0.15) is 0 Å². The first-order chi connectivity index (χ1) is 16.3. The van der Waals surface area contributed by atoms with Gasteiger partial charge < -0.3 is 0 Å². The third-order valence-electron chi connectivity index (χ3n) is 10.7. The van der Waals surface area contributed by atoms with E-state index >= 15 is 0 Å². The van der Waals surface area contributed by atoms with Gasteiger partial charge in [0.15, 0.2) is 11.0 Å². The van der Waals surface area contributed by atoms with E-state index < -0.39 is 0 Å². The van der Waals surface area contributed by atoms with Gasteiger partial charge in [-0.2, -0.15) is 0 Å². The van der Waals surface area contributed by atoms with Crippen LogP contribution in [0.2, 0.25) is 0 Å². The average molecular weight is 448 g/mol. The number of rotatable bonds is 4. The van der Waals surface area contributed by atoms with Gasteiger partial charge in [-0.1, -0.05) is 76.3 Å². The quantitative estimate of drug-likeness (QED) is 0.418. The highest BCUT2D eigenvalue weighted by Crippen LogP contribution is 2.52. The van der Waals surface area contributed by atoms with Gasteiger partial charge in [-0.15, -0.1) is 0 Å². The smallest absolute Gasteiger partial charge is 0.230 e. The molecule has 0 aliphatic heterocycles. The Morgan fingerprint density at radius 2 is 1.24 bits per heavy atom. The molecule has 0 saturated heterocycles. The second-order valence-electron chi connectivity index (χ2n) is 12.1. The van der Waals surface area contributed by atoms with Crippen molar-refractivity contribution in [3.05, 3.63) is 29.6 Å². The van der Waals surface area contributed by atoms with E-state index in [2.05, 4.69) is 41.4 Å². The van der Waals surface area contributed by atoms with Crippen molar-refractivity contribution in [2.75, 3.05) is 0 Å². The number of nitrogens with zero attached hydrogens (tertiary/aromatic N) is 2. The van der Waals surface area contributed by atoms with E-state index in [0.717, 1.165) is 48.6 Å². The van der Waals surface area contributed by atoms with Crippen LogP contribution in [-0.4, -0.2) is 4.57 Å². The highest BCUT2D eigenvalue weighted by Gasteiger charge is 2.41. The number of imidazole rings is 1. The second kappa shape index (κ2) is 9.38. The molecule has 2 nitrogen and oxygen atoms in total. The molecule has 4 fully saturated rings. The van der Waals surface area contributed by atoms with Crippen molar-refractivity contribution < 1.29 is 4.57 Å². The Kier molecular flexibility index (Phi) is 6.31. The summed E-state index contributed by atoms with van der Waals surface area (Å²) in [6.45, 7) is 6.91. The van der Waals surface area contributed by atoms with Gasteiger partial charge in [-0.05, 0) is 75.0 Å². The lowest BCUT2D eigenvalue weighted by atomic mass is 9.62. The zero-order valence-electron chi connectivity index (χ0n) is 21.4. The summed E-state index contributed by atoms with van der Waals surface area (Å²) in [5, 5.41) is 0. The molecule has 180 valence electrons. The van der Waals surface area contributed by atoms with E-state index in [1.54, 1.807) is 22.2 Å². The summed E-state index contributed by atoms with van der Waals surface area (Å²) in [6.07, 6.45) is 23.0. The first-order valence-electron chi connectivity index (χ1n) is 14.8. The highest BCUT2D eigenvalue weighted by atomic mass is 15.1. The van der Waals surface area contributed by atoms with E-state index in [4.69, 9.17) is 0 Å². The molecule has 4 saturated carbocycles. The van der Waals surface area contributed by atoms with Crippen LogP contribution in [0.1, 0.15) is 127 Å². The van der Waals surface area contributed by atoms with Crippen LogP contribution in [0.5, 0.6) is 0 Å². The molecule has 0 N–H and O–H groups in total. The molecule has 1 aromatic carbocycles. The largest absolute Gasteiger partial charge is 0.244 e. The molecule has 2 heteroatoms.